The molecule has 0 aliphatic heterocycles. The van der Waals surface area contributed by atoms with Crippen LogP contribution < -0.4 is 5.73 Å². The van der Waals surface area contributed by atoms with Gasteiger partial charge in [0.25, 0.3) is 0 Å². The molecule has 1 rings (SSSR count). The first-order valence-corrected chi connectivity index (χ1v) is 8.24. The van der Waals surface area contributed by atoms with Crippen LogP contribution in [0.15, 0.2) is 18.2 Å². The lowest BCUT2D eigenvalue weighted by molar-refractivity contribution is 0.244. The molecule has 5 heteroatoms. The fourth-order valence-corrected chi connectivity index (χ4v) is 2.60. The van der Waals surface area contributed by atoms with Gasteiger partial charge in [0, 0.05) is 18.2 Å². The third-order valence-electron chi connectivity index (χ3n) is 3.60. The van der Waals surface area contributed by atoms with Gasteiger partial charge in [-0.25, -0.2) is 8.78 Å². The molecule has 0 saturated carbocycles. The fraction of sp³-hybridized carbons (Fsp3) is 0.600. The van der Waals surface area contributed by atoms with Crippen LogP contribution in [0.1, 0.15) is 31.4 Å². The number of rotatable bonds is 8. The smallest absolute Gasteiger partial charge is 0.126 e. The van der Waals surface area contributed by atoms with Crippen LogP contribution in [0.2, 0.25) is 0 Å². The minimum absolute atomic E-state index is 0.338. The summed E-state index contributed by atoms with van der Waals surface area (Å²) in [5.74, 6) is -0.0126. The van der Waals surface area contributed by atoms with Crippen molar-refractivity contribution in [3.63, 3.8) is 0 Å². The van der Waals surface area contributed by atoms with Gasteiger partial charge in [-0.1, -0.05) is 0 Å². The standard InChI is InChI=1S/C15H24F2N2S/c1-11(5-7-20-3)19(2)6-4-15(18)12-8-13(16)10-14(17)9-12/h8-11,15H,4-7,18H2,1-3H3. The maximum Gasteiger partial charge on any atom is 0.126 e. The van der Waals surface area contributed by atoms with E-state index in [0.717, 1.165) is 24.8 Å². The first-order valence-electron chi connectivity index (χ1n) is 6.84. The lowest BCUT2D eigenvalue weighted by Crippen LogP contribution is -2.32. The zero-order chi connectivity index (χ0) is 15.1. The second-order valence-electron chi connectivity index (χ2n) is 5.21. The Hall–Kier alpha value is -0.650. The van der Waals surface area contributed by atoms with Gasteiger partial charge in [-0.05, 0) is 63.1 Å². The molecule has 0 spiro atoms. The summed E-state index contributed by atoms with van der Waals surface area (Å²) in [4.78, 5) is 2.24. The second kappa shape index (κ2) is 8.60. The summed E-state index contributed by atoms with van der Waals surface area (Å²) < 4.78 is 26.3. The molecule has 114 valence electrons. The molecule has 2 unspecified atom stereocenters. The van der Waals surface area contributed by atoms with E-state index in [1.165, 1.54) is 12.1 Å². The van der Waals surface area contributed by atoms with Crippen LogP contribution in [0.25, 0.3) is 0 Å². The Morgan fingerprint density at radius 3 is 2.35 bits per heavy atom. The monoisotopic (exact) mass is 302 g/mol. The van der Waals surface area contributed by atoms with Gasteiger partial charge in [-0.15, -0.1) is 0 Å². The molecule has 2 nitrogen and oxygen atoms in total. The maximum absolute atomic E-state index is 13.1. The molecule has 0 heterocycles. The highest BCUT2D eigenvalue weighted by Gasteiger charge is 2.13. The zero-order valence-electron chi connectivity index (χ0n) is 12.4. The van der Waals surface area contributed by atoms with Gasteiger partial charge in [-0.2, -0.15) is 11.8 Å². The molecule has 0 aliphatic rings. The van der Waals surface area contributed by atoms with E-state index in [0.29, 0.717) is 18.0 Å². The second-order valence-corrected chi connectivity index (χ2v) is 6.19. The van der Waals surface area contributed by atoms with E-state index >= 15 is 0 Å². The quantitative estimate of drug-likeness (QED) is 0.798. The normalized spacial score (nSPS) is 14.6. The van der Waals surface area contributed by atoms with Gasteiger partial charge in [0.05, 0.1) is 0 Å². The number of benzene rings is 1. The average molecular weight is 302 g/mol. The van der Waals surface area contributed by atoms with Crippen LogP contribution >= 0.6 is 11.8 Å². The molecule has 1 aromatic rings. The summed E-state index contributed by atoms with van der Waals surface area (Å²) in [6.07, 6.45) is 3.91. The van der Waals surface area contributed by atoms with Crippen molar-refractivity contribution in [1.82, 2.24) is 4.90 Å². The summed E-state index contributed by atoms with van der Waals surface area (Å²) in [5.41, 5.74) is 6.54. The molecule has 2 N–H and O–H groups in total. The summed E-state index contributed by atoms with van der Waals surface area (Å²) >= 11 is 1.84. The number of thioether (sulfide) groups is 1. The van der Waals surface area contributed by atoms with Crippen molar-refractivity contribution < 1.29 is 8.78 Å². The molecule has 0 aromatic heterocycles. The minimum atomic E-state index is -0.572. The van der Waals surface area contributed by atoms with E-state index in [-0.39, 0.29) is 6.04 Å². The highest BCUT2D eigenvalue weighted by Crippen LogP contribution is 2.18. The highest BCUT2D eigenvalue weighted by atomic mass is 32.2. The molecule has 0 saturated heterocycles. The molecule has 20 heavy (non-hydrogen) atoms. The van der Waals surface area contributed by atoms with Gasteiger partial charge in [0.15, 0.2) is 0 Å². The first-order chi connectivity index (χ1) is 9.43. The van der Waals surface area contributed by atoms with Crippen LogP contribution in [-0.4, -0.2) is 36.5 Å². The number of nitrogens with zero attached hydrogens (tertiary/aromatic N) is 1. The van der Waals surface area contributed by atoms with Gasteiger partial charge < -0.3 is 10.6 Å². The highest BCUT2D eigenvalue weighted by molar-refractivity contribution is 7.98. The number of hydrogen-bond acceptors (Lipinski definition) is 3. The molecular formula is C15H24F2N2S. The van der Waals surface area contributed by atoms with Crippen LogP contribution in [0.3, 0.4) is 0 Å². The van der Waals surface area contributed by atoms with Gasteiger partial charge in [0.1, 0.15) is 11.6 Å². The van der Waals surface area contributed by atoms with Crippen LogP contribution in [0.5, 0.6) is 0 Å². The number of halogens is 2. The van der Waals surface area contributed by atoms with Crippen LogP contribution in [-0.2, 0) is 0 Å². The molecular weight excluding hydrogens is 278 g/mol. The van der Waals surface area contributed by atoms with Crippen molar-refractivity contribution in [2.45, 2.75) is 31.8 Å². The predicted octanol–water partition coefficient (Wildman–Crippen LogP) is 3.43. The van der Waals surface area contributed by atoms with E-state index in [1.54, 1.807) is 0 Å². The topological polar surface area (TPSA) is 29.3 Å². The number of hydrogen-bond donors (Lipinski definition) is 1. The molecule has 2 atom stereocenters. The minimum Gasteiger partial charge on any atom is -0.324 e. The van der Waals surface area contributed by atoms with Gasteiger partial charge in [-0.3, -0.25) is 0 Å². The molecule has 1 aromatic carbocycles. The average Bonchev–Trinajstić information content (AvgIpc) is 2.40. The summed E-state index contributed by atoms with van der Waals surface area (Å²) in [5, 5.41) is 0. The SMILES string of the molecule is CSCCC(C)N(C)CCC(N)c1cc(F)cc(F)c1. The Balaban J connectivity index is 2.47. The molecule has 0 radical (unpaired) electrons. The Bertz CT molecular complexity index is 395. The first kappa shape index (κ1) is 17.4. The van der Waals surface area contributed by atoms with Crippen molar-refractivity contribution >= 4 is 11.8 Å². The molecule has 0 aliphatic carbocycles. The van der Waals surface area contributed by atoms with Crippen molar-refractivity contribution in [3.8, 4) is 0 Å². The van der Waals surface area contributed by atoms with E-state index in [9.17, 15) is 8.78 Å². The van der Waals surface area contributed by atoms with Crippen LogP contribution in [0.4, 0.5) is 8.78 Å². The maximum atomic E-state index is 13.1. The van der Waals surface area contributed by atoms with E-state index in [4.69, 9.17) is 5.73 Å². The predicted molar refractivity (Wildman–Crippen MR) is 83.0 cm³/mol. The van der Waals surface area contributed by atoms with Crippen molar-refractivity contribution in [2.75, 3.05) is 25.6 Å². The summed E-state index contributed by atoms with van der Waals surface area (Å²) in [6, 6.07) is 3.64. The number of nitrogens with two attached hydrogens (primary N) is 1. The fourth-order valence-electron chi connectivity index (χ4n) is 2.03. The third-order valence-corrected chi connectivity index (χ3v) is 4.24. The van der Waals surface area contributed by atoms with Crippen molar-refractivity contribution in [2.24, 2.45) is 5.73 Å². The Morgan fingerprint density at radius 1 is 1.20 bits per heavy atom. The third kappa shape index (κ3) is 5.77. The van der Waals surface area contributed by atoms with Gasteiger partial charge >= 0.3 is 0 Å². The van der Waals surface area contributed by atoms with E-state index in [2.05, 4.69) is 25.1 Å². The lowest BCUT2D eigenvalue weighted by Gasteiger charge is -2.26. The lowest BCUT2D eigenvalue weighted by atomic mass is 10.0. The molecule has 0 bridgehead atoms. The van der Waals surface area contributed by atoms with Crippen molar-refractivity contribution in [3.05, 3.63) is 35.4 Å². The Kier molecular flexibility index (Phi) is 7.48. The molecule has 0 fully saturated rings. The summed E-state index contributed by atoms with van der Waals surface area (Å²) in [6.45, 7) is 3.00. The van der Waals surface area contributed by atoms with Gasteiger partial charge in [0.2, 0.25) is 0 Å². The largest absolute Gasteiger partial charge is 0.324 e. The van der Waals surface area contributed by atoms with E-state index in [1.807, 2.05) is 11.8 Å². The zero-order valence-corrected chi connectivity index (χ0v) is 13.2. The van der Waals surface area contributed by atoms with E-state index < -0.39 is 11.6 Å². The molecule has 0 amide bonds. The van der Waals surface area contributed by atoms with Crippen LogP contribution in [0, 0.1) is 11.6 Å². The Morgan fingerprint density at radius 2 is 1.80 bits per heavy atom. The summed E-state index contributed by atoms with van der Waals surface area (Å²) in [7, 11) is 2.06. The van der Waals surface area contributed by atoms with Crippen molar-refractivity contribution in [1.29, 1.82) is 0 Å². The Labute approximate surface area is 124 Å².